The molecule has 0 aliphatic heterocycles. The minimum Gasteiger partial charge on any atom is -0.326 e. The number of pyridine rings is 1. The standard InChI is InChI=1S/C14H19N3O2S2/c1-3-11-5-4-6-16-13(11)9-17-21(18,19)14-7-12(8-15)20-10(14)2/h4-7,17H,3,8-9,15H2,1-2H3. The molecule has 0 aromatic carbocycles. The number of hydrogen-bond acceptors (Lipinski definition) is 5. The summed E-state index contributed by atoms with van der Waals surface area (Å²) in [6.45, 7) is 4.35. The first-order chi connectivity index (χ1) is 9.97. The number of hydrogen-bond donors (Lipinski definition) is 2. The summed E-state index contributed by atoms with van der Waals surface area (Å²) in [6.07, 6.45) is 2.49. The summed E-state index contributed by atoms with van der Waals surface area (Å²) in [6, 6.07) is 5.45. The van der Waals surface area contributed by atoms with E-state index in [1.807, 2.05) is 19.1 Å². The number of aryl methyl sites for hydroxylation is 2. The third-order valence-electron chi connectivity index (χ3n) is 3.21. The molecule has 21 heavy (non-hydrogen) atoms. The van der Waals surface area contributed by atoms with Crippen LogP contribution < -0.4 is 10.5 Å². The van der Waals surface area contributed by atoms with Gasteiger partial charge in [-0.1, -0.05) is 13.0 Å². The smallest absolute Gasteiger partial charge is 0.242 e. The first-order valence-corrected chi connectivity index (χ1v) is 8.99. The van der Waals surface area contributed by atoms with Crippen molar-refractivity contribution in [3.63, 3.8) is 0 Å². The topological polar surface area (TPSA) is 85.1 Å². The van der Waals surface area contributed by atoms with E-state index in [0.29, 0.717) is 11.4 Å². The van der Waals surface area contributed by atoms with Crippen LogP contribution in [0.2, 0.25) is 0 Å². The van der Waals surface area contributed by atoms with Crippen LogP contribution in [0.1, 0.15) is 27.9 Å². The molecule has 0 bridgehead atoms. The van der Waals surface area contributed by atoms with Crippen molar-refractivity contribution >= 4 is 21.4 Å². The van der Waals surface area contributed by atoms with Crippen LogP contribution in [0, 0.1) is 6.92 Å². The lowest BCUT2D eigenvalue weighted by Crippen LogP contribution is -2.24. The molecule has 0 amide bonds. The number of nitrogens with two attached hydrogens (primary N) is 1. The molecule has 0 fully saturated rings. The minimum absolute atomic E-state index is 0.194. The zero-order chi connectivity index (χ0) is 15.5. The normalized spacial score (nSPS) is 11.8. The van der Waals surface area contributed by atoms with Crippen LogP contribution in [-0.2, 0) is 29.5 Å². The lowest BCUT2D eigenvalue weighted by atomic mass is 10.1. The number of nitrogens with one attached hydrogen (secondary N) is 1. The molecule has 114 valence electrons. The van der Waals surface area contributed by atoms with E-state index in [2.05, 4.69) is 9.71 Å². The Bertz CT molecular complexity index is 724. The van der Waals surface area contributed by atoms with Gasteiger partial charge in [0.1, 0.15) is 0 Å². The third-order valence-corrected chi connectivity index (χ3v) is 5.94. The summed E-state index contributed by atoms with van der Waals surface area (Å²) < 4.78 is 27.4. The second kappa shape index (κ2) is 6.65. The summed E-state index contributed by atoms with van der Waals surface area (Å²) in [4.78, 5) is 6.16. The molecule has 5 nitrogen and oxygen atoms in total. The molecular weight excluding hydrogens is 306 g/mol. The number of thiophene rings is 1. The van der Waals surface area contributed by atoms with Crippen molar-refractivity contribution in [2.45, 2.75) is 38.3 Å². The average molecular weight is 325 g/mol. The van der Waals surface area contributed by atoms with E-state index in [1.54, 1.807) is 19.2 Å². The average Bonchev–Trinajstić information content (AvgIpc) is 2.87. The van der Waals surface area contributed by atoms with Gasteiger partial charge in [-0.3, -0.25) is 4.98 Å². The van der Waals surface area contributed by atoms with E-state index >= 15 is 0 Å². The molecule has 7 heteroatoms. The van der Waals surface area contributed by atoms with Crippen molar-refractivity contribution in [3.05, 3.63) is 45.4 Å². The number of aromatic nitrogens is 1. The number of rotatable bonds is 6. The lowest BCUT2D eigenvalue weighted by Gasteiger charge is -2.08. The Kier molecular flexibility index (Phi) is 5.10. The van der Waals surface area contributed by atoms with Crippen LogP contribution in [0.5, 0.6) is 0 Å². The number of sulfonamides is 1. The fourth-order valence-electron chi connectivity index (χ4n) is 2.09. The van der Waals surface area contributed by atoms with Crippen LogP contribution >= 0.6 is 11.3 Å². The summed E-state index contributed by atoms with van der Waals surface area (Å²) in [7, 11) is -3.54. The summed E-state index contributed by atoms with van der Waals surface area (Å²) in [5, 5.41) is 0. The van der Waals surface area contributed by atoms with Crippen molar-refractivity contribution in [2.75, 3.05) is 0 Å². The molecule has 3 N–H and O–H groups in total. The summed E-state index contributed by atoms with van der Waals surface area (Å²) in [5.74, 6) is 0. The van der Waals surface area contributed by atoms with Crippen LogP contribution in [0.15, 0.2) is 29.3 Å². The van der Waals surface area contributed by atoms with Crippen molar-refractivity contribution < 1.29 is 8.42 Å². The molecule has 0 unspecified atom stereocenters. The van der Waals surface area contributed by atoms with E-state index in [1.165, 1.54) is 11.3 Å². The van der Waals surface area contributed by atoms with Gasteiger partial charge in [0, 0.05) is 22.5 Å². The van der Waals surface area contributed by atoms with Gasteiger partial charge in [-0.2, -0.15) is 0 Å². The molecule has 0 saturated heterocycles. The van der Waals surface area contributed by atoms with Crippen LogP contribution in [0.4, 0.5) is 0 Å². The van der Waals surface area contributed by atoms with Gasteiger partial charge in [-0.05, 0) is 31.0 Å². The molecule has 0 saturated carbocycles. The van der Waals surface area contributed by atoms with Gasteiger partial charge < -0.3 is 5.73 Å². The third kappa shape index (κ3) is 3.68. The van der Waals surface area contributed by atoms with Crippen molar-refractivity contribution in [1.82, 2.24) is 9.71 Å². The van der Waals surface area contributed by atoms with E-state index < -0.39 is 10.0 Å². The van der Waals surface area contributed by atoms with E-state index in [-0.39, 0.29) is 6.54 Å². The van der Waals surface area contributed by atoms with Gasteiger partial charge in [-0.25, -0.2) is 13.1 Å². The van der Waals surface area contributed by atoms with Gasteiger partial charge in [0.2, 0.25) is 10.0 Å². The fraction of sp³-hybridized carbons (Fsp3) is 0.357. The maximum atomic E-state index is 12.4. The Morgan fingerprint density at radius 2 is 2.19 bits per heavy atom. The van der Waals surface area contributed by atoms with Gasteiger partial charge in [0.15, 0.2) is 0 Å². The maximum absolute atomic E-state index is 12.4. The Morgan fingerprint density at radius 3 is 2.81 bits per heavy atom. The predicted molar refractivity (Wildman–Crippen MR) is 84.6 cm³/mol. The minimum atomic E-state index is -3.54. The van der Waals surface area contributed by atoms with Gasteiger partial charge >= 0.3 is 0 Å². The Hall–Kier alpha value is -1.28. The van der Waals surface area contributed by atoms with Gasteiger partial charge in [0.25, 0.3) is 0 Å². The zero-order valence-electron chi connectivity index (χ0n) is 12.1. The highest BCUT2D eigenvalue weighted by Gasteiger charge is 2.20. The Balaban J connectivity index is 2.20. The molecule has 0 aliphatic rings. The predicted octanol–water partition coefficient (Wildman–Crippen LogP) is 1.95. The van der Waals surface area contributed by atoms with Gasteiger partial charge in [0.05, 0.1) is 17.1 Å². The van der Waals surface area contributed by atoms with Crippen molar-refractivity contribution in [1.29, 1.82) is 0 Å². The maximum Gasteiger partial charge on any atom is 0.242 e. The largest absolute Gasteiger partial charge is 0.326 e. The molecule has 0 spiro atoms. The SMILES string of the molecule is CCc1cccnc1CNS(=O)(=O)c1cc(CN)sc1C. The molecule has 2 rings (SSSR count). The molecule has 2 aromatic rings. The molecule has 2 aromatic heterocycles. The quantitative estimate of drug-likeness (QED) is 0.850. The zero-order valence-corrected chi connectivity index (χ0v) is 13.7. The fourth-order valence-corrected chi connectivity index (χ4v) is 4.58. The van der Waals surface area contributed by atoms with Gasteiger partial charge in [-0.15, -0.1) is 11.3 Å². The van der Waals surface area contributed by atoms with E-state index in [4.69, 9.17) is 5.73 Å². The Labute approximate surface area is 129 Å². The van der Waals surface area contributed by atoms with Crippen molar-refractivity contribution in [2.24, 2.45) is 5.73 Å². The highest BCUT2D eigenvalue weighted by Crippen LogP contribution is 2.25. The second-order valence-corrected chi connectivity index (χ2v) is 7.70. The highest BCUT2D eigenvalue weighted by atomic mass is 32.2. The molecular formula is C14H19N3O2S2. The van der Waals surface area contributed by atoms with E-state index in [9.17, 15) is 8.42 Å². The van der Waals surface area contributed by atoms with Crippen LogP contribution in [-0.4, -0.2) is 13.4 Å². The summed E-state index contributed by atoms with van der Waals surface area (Å²) in [5.41, 5.74) is 7.37. The molecule has 2 heterocycles. The lowest BCUT2D eigenvalue weighted by molar-refractivity contribution is 0.580. The highest BCUT2D eigenvalue weighted by molar-refractivity contribution is 7.89. The Morgan fingerprint density at radius 1 is 1.43 bits per heavy atom. The first-order valence-electron chi connectivity index (χ1n) is 6.69. The molecule has 0 radical (unpaired) electrons. The second-order valence-electron chi connectivity index (χ2n) is 4.62. The van der Waals surface area contributed by atoms with Crippen LogP contribution in [0.3, 0.4) is 0 Å². The monoisotopic (exact) mass is 325 g/mol. The molecule has 0 atom stereocenters. The van der Waals surface area contributed by atoms with Crippen LogP contribution in [0.25, 0.3) is 0 Å². The van der Waals surface area contributed by atoms with Crippen molar-refractivity contribution in [3.8, 4) is 0 Å². The summed E-state index contributed by atoms with van der Waals surface area (Å²) >= 11 is 1.41. The molecule has 0 aliphatic carbocycles. The first kappa shape index (κ1) is 16.1. The number of nitrogens with zero attached hydrogens (tertiary/aromatic N) is 1. The van der Waals surface area contributed by atoms with E-state index in [0.717, 1.165) is 27.4 Å².